The summed E-state index contributed by atoms with van der Waals surface area (Å²) in [6.45, 7) is 7.46. The van der Waals surface area contributed by atoms with Crippen LogP contribution in [0.25, 0.3) is 0 Å². The van der Waals surface area contributed by atoms with E-state index >= 15 is 0 Å². The van der Waals surface area contributed by atoms with Crippen molar-refractivity contribution in [3.63, 3.8) is 0 Å². The smallest absolute Gasteiger partial charge is 0.259 e. The van der Waals surface area contributed by atoms with Gasteiger partial charge in [-0.3, -0.25) is 4.79 Å². The number of nitrogens with zero attached hydrogens (tertiary/aromatic N) is 2. The second-order valence-corrected chi connectivity index (χ2v) is 5.60. The Balaban J connectivity index is 1.79. The van der Waals surface area contributed by atoms with Crippen LogP contribution in [0, 0.1) is 19.3 Å². The minimum atomic E-state index is 0.0787. The second kappa shape index (κ2) is 4.09. The molecule has 0 aliphatic carbocycles. The Morgan fingerprint density at radius 2 is 2.28 bits per heavy atom. The van der Waals surface area contributed by atoms with E-state index in [-0.39, 0.29) is 5.91 Å². The largest absolute Gasteiger partial charge is 0.361 e. The lowest BCUT2D eigenvalue weighted by atomic mass is 9.86. The zero-order valence-electron chi connectivity index (χ0n) is 11.0. The van der Waals surface area contributed by atoms with E-state index in [2.05, 4.69) is 10.5 Å². The molecule has 0 saturated carbocycles. The number of likely N-dealkylation sites (tertiary alicyclic amines) is 1. The SMILES string of the molecule is Cc1noc(C)c1C(=O)N1CCC2(CCNC2)C1. The van der Waals surface area contributed by atoms with Crippen molar-refractivity contribution in [3.05, 3.63) is 17.0 Å². The van der Waals surface area contributed by atoms with E-state index in [9.17, 15) is 4.79 Å². The van der Waals surface area contributed by atoms with Crippen LogP contribution >= 0.6 is 0 Å². The van der Waals surface area contributed by atoms with Crippen molar-refractivity contribution in [2.24, 2.45) is 5.41 Å². The topological polar surface area (TPSA) is 58.4 Å². The van der Waals surface area contributed by atoms with Gasteiger partial charge in [-0.15, -0.1) is 0 Å². The number of carbonyl (C=O) groups is 1. The quantitative estimate of drug-likeness (QED) is 0.810. The van der Waals surface area contributed by atoms with Gasteiger partial charge in [-0.05, 0) is 33.2 Å². The fourth-order valence-corrected chi connectivity index (χ4v) is 3.20. The third-order valence-corrected chi connectivity index (χ3v) is 4.30. The van der Waals surface area contributed by atoms with Gasteiger partial charge in [0.05, 0.1) is 5.69 Å². The molecule has 1 aromatic rings. The molecule has 1 N–H and O–H groups in total. The minimum absolute atomic E-state index is 0.0787. The molecule has 0 radical (unpaired) electrons. The monoisotopic (exact) mass is 249 g/mol. The average molecular weight is 249 g/mol. The first-order valence-corrected chi connectivity index (χ1v) is 6.54. The molecule has 5 heteroatoms. The van der Waals surface area contributed by atoms with E-state index in [1.54, 1.807) is 6.92 Å². The molecule has 1 unspecified atom stereocenters. The standard InChI is InChI=1S/C13H19N3O2/c1-9-11(10(2)18-15-9)12(17)16-6-4-13(8-16)3-5-14-7-13/h14H,3-8H2,1-2H3. The molecule has 18 heavy (non-hydrogen) atoms. The lowest BCUT2D eigenvalue weighted by molar-refractivity contribution is 0.0773. The molecule has 2 aliphatic rings. The summed E-state index contributed by atoms with van der Waals surface area (Å²) in [6, 6.07) is 0. The maximum atomic E-state index is 12.5. The number of hydrogen-bond donors (Lipinski definition) is 1. The molecule has 2 fully saturated rings. The summed E-state index contributed by atoms with van der Waals surface area (Å²) in [4.78, 5) is 14.5. The Hall–Kier alpha value is -1.36. The van der Waals surface area contributed by atoms with Gasteiger partial charge < -0.3 is 14.7 Å². The van der Waals surface area contributed by atoms with Gasteiger partial charge in [0.15, 0.2) is 0 Å². The molecule has 2 aliphatic heterocycles. The number of amides is 1. The van der Waals surface area contributed by atoms with E-state index in [1.807, 2.05) is 11.8 Å². The first kappa shape index (κ1) is 11.7. The van der Waals surface area contributed by atoms with Crippen LogP contribution in [0.15, 0.2) is 4.52 Å². The van der Waals surface area contributed by atoms with Crippen molar-refractivity contribution in [3.8, 4) is 0 Å². The fourth-order valence-electron chi connectivity index (χ4n) is 3.20. The van der Waals surface area contributed by atoms with Gasteiger partial charge in [0.2, 0.25) is 0 Å². The highest BCUT2D eigenvalue weighted by atomic mass is 16.5. The number of aromatic nitrogens is 1. The Kier molecular flexibility index (Phi) is 2.66. The molecular formula is C13H19N3O2. The first-order chi connectivity index (χ1) is 8.61. The van der Waals surface area contributed by atoms with Crippen LogP contribution in [0.2, 0.25) is 0 Å². The van der Waals surface area contributed by atoms with E-state index in [4.69, 9.17) is 4.52 Å². The zero-order valence-corrected chi connectivity index (χ0v) is 11.0. The number of rotatable bonds is 1. The summed E-state index contributed by atoms with van der Waals surface area (Å²) in [5.74, 6) is 0.707. The van der Waals surface area contributed by atoms with Crippen molar-refractivity contribution >= 4 is 5.91 Å². The number of nitrogens with one attached hydrogen (secondary N) is 1. The number of carbonyl (C=O) groups excluding carboxylic acids is 1. The van der Waals surface area contributed by atoms with Crippen LogP contribution in [-0.4, -0.2) is 42.1 Å². The molecule has 3 heterocycles. The lowest BCUT2D eigenvalue weighted by Crippen LogP contribution is -2.33. The van der Waals surface area contributed by atoms with Gasteiger partial charge in [-0.25, -0.2) is 0 Å². The summed E-state index contributed by atoms with van der Waals surface area (Å²) in [6.07, 6.45) is 2.29. The number of hydrogen-bond acceptors (Lipinski definition) is 4. The summed E-state index contributed by atoms with van der Waals surface area (Å²) in [7, 11) is 0. The Morgan fingerprint density at radius 1 is 1.44 bits per heavy atom. The Morgan fingerprint density at radius 3 is 2.89 bits per heavy atom. The molecule has 0 aromatic carbocycles. The lowest BCUT2D eigenvalue weighted by Gasteiger charge is -2.22. The van der Waals surface area contributed by atoms with E-state index in [0.29, 0.717) is 22.4 Å². The van der Waals surface area contributed by atoms with Gasteiger partial charge in [-0.2, -0.15) is 0 Å². The summed E-state index contributed by atoms with van der Waals surface area (Å²) in [5, 5.41) is 7.27. The van der Waals surface area contributed by atoms with Crippen LogP contribution in [0.5, 0.6) is 0 Å². The fraction of sp³-hybridized carbons (Fsp3) is 0.692. The summed E-state index contributed by atoms with van der Waals surface area (Å²) >= 11 is 0. The van der Waals surface area contributed by atoms with E-state index in [1.165, 1.54) is 6.42 Å². The van der Waals surface area contributed by atoms with Crippen molar-refractivity contribution in [1.82, 2.24) is 15.4 Å². The molecule has 98 valence electrons. The maximum absolute atomic E-state index is 12.5. The van der Waals surface area contributed by atoms with Gasteiger partial charge >= 0.3 is 0 Å². The third-order valence-electron chi connectivity index (χ3n) is 4.30. The Bertz CT molecular complexity index is 455. The highest BCUT2D eigenvalue weighted by Crippen LogP contribution is 2.36. The van der Waals surface area contributed by atoms with Gasteiger partial charge in [-0.1, -0.05) is 5.16 Å². The van der Waals surface area contributed by atoms with Crippen LogP contribution in [0.3, 0.4) is 0 Å². The van der Waals surface area contributed by atoms with Gasteiger partial charge in [0.1, 0.15) is 11.3 Å². The zero-order chi connectivity index (χ0) is 12.8. The molecule has 5 nitrogen and oxygen atoms in total. The molecule has 0 bridgehead atoms. The highest BCUT2D eigenvalue weighted by molar-refractivity contribution is 5.96. The summed E-state index contributed by atoms with van der Waals surface area (Å²) < 4.78 is 5.08. The van der Waals surface area contributed by atoms with Crippen molar-refractivity contribution < 1.29 is 9.32 Å². The molecule has 1 amide bonds. The minimum Gasteiger partial charge on any atom is -0.361 e. The molecule has 1 atom stereocenters. The molecule has 2 saturated heterocycles. The maximum Gasteiger partial charge on any atom is 0.259 e. The normalized spacial score (nSPS) is 27.3. The highest BCUT2D eigenvalue weighted by Gasteiger charge is 2.42. The number of aryl methyl sites for hydroxylation is 2. The van der Waals surface area contributed by atoms with Gasteiger partial charge in [0.25, 0.3) is 5.91 Å². The predicted octanol–water partition coefficient (Wildman–Crippen LogP) is 1.12. The van der Waals surface area contributed by atoms with Crippen molar-refractivity contribution in [1.29, 1.82) is 0 Å². The molecule has 3 rings (SSSR count). The first-order valence-electron chi connectivity index (χ1n) is 6.54. The van der Waals surface area contributed by atoms with Gasteiger partial charge in [0, 0.05) is 25.0 Å². The predicted molar refractivity (Wildman–Crippen MR) is 66.4 cm³/mol. The van der Waals surface area contributed by atoms with Crippen molar-refractivity contribution in [2.75, 3.05) is 26.2 Å². The molecule has 1 aromatic heterocycles. The molecular weight excluding hydrogens is 230 g/mol. The third kappa shape index (κ3) is 1.73. The van der Waals surface area contributed by atoms with E-state index < -0.39 is 0 Å². The van der Waals surface area contributed by atoms with Crippen LogP contribution in [-0.2, 0) is 0 Å². The molecule has 1 spiro atoms. The van der Waals surface area contributed by atoms with Crippen LogP contribution in [0.4, 0.5) is 0 Å². The second-order valence-electron chi connectivity index (χ2n) is 5.60. The average Bonchev–Trinajstić information content (AvgIpc) is 3.04. The summed E-state index contributed by atoms with van der Waals surface area (Å²) in [5.41, 5.74) is 1.66. The van der Waals surface area contributed by atoms with Crippen LogP contribution in [0.1, 0.15) is 34.7 Å². The van der Waals surface area contributed by atoms with Crippen molar-refractivity contribution in [2.45, 2.75) is 26.7 Å². The van der Waals surface area contributed by atoms with E-state index in [0.717, 1.165) is 32.6 Å². The van der Waals surface area contributed by atoms with Crippen LogP contribution < -0.4 is 5.32 Å². The Labute approximate surface area is 107 Å².